The highest BCUT2D eigenvalue weighted by atomic mass is 32.2. The van der Waals surface area contributed by atoms with Gasteiger partial charge in [-0.3, -0.25) is 4.79 Å². The summed E-state index contributed by atoms with van der Waals surface area (Å²) in [6.45, 7) is 3.66. The SMILES string of the molecule is C=CCSC1=N/C(=C\c2c(OC)cc(OC)cc2OC)C(=O)S1. The Morgan fingerprint density at radius 2 is 1.87 bits per heavy atom. The zero-order valence-electron chi connectivity index (χ0n) is 13.1. The summed E-state index contributed by atoms with van der Waals surface area (Å²) in [5, 5.41) is -0.100. The number of thioether (sulfide) groups is 2. The van der Waals surface area contributed by atoms with Crippen molar-refractivity contribution < 1.29 is 19.0 Å². The number of nitrogens with zero attached hydrogens (tertiary/aromatic N) is 1. The molecule has 2 rings (SSSR count). The van der Waals surface area contributed by atoms with E-state index in [2.05, 4.69) is 11.6 Å². The minimum Gasteiger partial charge on any atom is -0.496 e. The Labute approximate surface area is 143 Å². The first-order valence-electron chi connectivity index (χ1n) is 6.69. The fraction of sp³-hybridized carbons (Fsp3) is 0.250. The first kappa shape index (κ1) is 17.5. The minimum atomic E-state index is -0.100. The van der Waals surface area contributed by atoms with Gasteiger partial charge in [0.15, 0.2) is 0 Å². The smallest absolute Gasteiger partial charge is 0.244 e. The van der Waals surface area contributed by atoms with Crippen LogP contribution in [0.3, 0.4) is 0 Å². The third-order valence-corrected chi connectivity index (χ3v) is 4.96. The van der Waals surface area contributed by atoms with Gasteiger partial charge in [-0.1, -0.05) is 17.8 Å². The summed E-state index contributed by atoms with van der Waals surface area (Å²) in [5.41, 5.74) is 1.02. The largest absolute Gasteiger partial charge is 0.496 e. The Balaban J connectivity index is 2.43. The topological polar surface area (TPSA) is 57.1 Å². The number of carbonyl (C=O) groups excluding carboxylic acids is 1. The second kappa shape index (κ2) is 8.12. The van der Waals surface area contributed by atoms with E-state index in [4.69, 9.17) is 14.2 Å². The molecule has 0 atom stereocenters. The number of aliphatic imine (C=N–C) groups is 1. The standard InChI is InChI=1S/C16H17NO4S2/c1-5-6-22-16-17-12(15(18)23-16)9-11-13(20-3)7-10(19-2)8-14(11)21-4/h5,7-9H,1,6H2,2-4H3/b12-9-. The molecule has 0 bridgehead atoms. The fourth-order valence-corrected chi connectivity index (χ4v) is 3.50. The Kier molecular flexibility index (Phi) is 6.18. The molecular formula is C16H17NO4S2. The van der Waals surface area contributed by atoms with E-state index in [1.165, 1.54) is 11.8 Å². The minimum absolute atomic E-state index is 0.100. The lowest BCUT2D eigenvalue weighted by molar-refractivity contribution is -0.107. The van der Waals surface area contributed by atoms with Crippen LogP contribution in [0.15, 0.2) is 35.5 Å². The van der Waals surface area contributed by atoms with Crippen molar-refractivity contribution in [3.05, 3.63) is 36.0 Å². The van der Waals surface area contributed by atoms with E-state index in [1.54, 1.807) is 45.6 Å². The van der Waals surface area contributed by atoms with Crippen molar-refractivity contribution in [1.82, 2.24) is 0 Å². The monoisotopic (exact) mass is 351 g/mol. The van der Waals surface area contributed by atoms with Gasteiger partial charge in [0.2, 0.25) is 5.12 Å². The zero-order chi connectivity index (χ0) is 16.8. The Hall–Kier alpha value is -1.86. The van der Waals surface area contributed by atoms with Crippen LogP contribution in [0.1, 0.15) is 5.56 Å². The molecule has 1 aliphatic rings. The second-order valence-electron chi connectivity index (χ2n) is 4.34. The van der Waals surface area contributed by atoms with Gasteiger partial charge in [0.1, 0.15) is 27.3 Å². The van der Waals surface area contributed by atoms with Crippen LogP contribution in [0.25, 0.3) is 6.08 Å². The quantitative estimate of drug-likeness (QED) is 0.576. The predicted molar refractivity (Wildman–Crippen MR) is 96.8 cm³/mol. The zero-order valence-corrected chi connectivity index (χ0v) is 14.8. The highest BCUT2D eigenvalue weighted by Crippen LogP contribution is 2.38. The van der Waals surface area contributed by atoms with Gasteiger partial charge in [0.25, 0.3) is 0 Å². The first-order valence-corrected chi connectivity index (χ1v) is 8.49. The van der Waals surface area contributed by atoms with E-state index < -0.39 is 0 Å². The summed E-state index contributed by atoms with van der Waals surface area (Å²) in [5.74, 6) is 2.42. The summed E-state index contributed by atoms with van der Waals surface area (Å²) in [4.78, 5) is 16.5. The van der Waals surface area contributed by atoms with Crippen molar-refractivity contribution in [2.45, 2.75) is 0 Å². The predicted octanol–water partition coefficient (Wildman–Crippen LogP) is 3.60. The van der Waals surface area contributed by atoms with E-state index in [-0.39, 0.29) is 5.12 Å². The Morgan fingerprint density at radius 1 is 1.22 bits per heavy atom. The number of ether oxygens (including phenoxy) is 3. The Bertz CT molecular complexity index is 658. The van der Waals surface area contributed by atoms with Crippen LogP contribution in [0.4, 0.5) is 0 Å². The number of benzene rings is 1. The number of carbonyl (C=O) groups is 1. The normalized spacial score (nSPS) is 15.5. The molecule has 7 heteroatoms. The molecule has 0 saturated carbocycles. The number of hydrogen-bond donors (Lipinski definition) is 0. The highest BCUT2D eigenvalue weighted by Gasteiger charge is 2.23. The van der Waals surface area contributed by atoms with Gasteiger partial charge in [-0.15, -0.1) is 6.58 Å². The molecule has 0 spiro atoms. The van der Waals surface area contributed by atoms with Crippen molar-refractivity contribution in [2.75, 3.05) is 27.1 Å². The van der Waals surface area contributed by atoms with Crippen LogP contribution in [-0.2, 0) is 4.79 Å². The van der Waals surface area contributed by atoms with Gasteiger partial charge in [0.05, 0.1) is 26.9 Å². The molecule has 0 aliphatic carbocycles. The summed E-state index contributed by atoms with van der Waals surface area (Å²) in [6.07, 6.45) is 3.45. The van der Waals surface area contributed by atoms with Crippen LogP contribution >= 0.6 is 23.5 Å². The molecular weight excluding hydrogens is 334 g/mol. The molecule has 0 radical (unpaired) electrons. The highest BCUT2D eigenvalue weighted by molar-refractivity contribution is 8.45. The second-order valence-corrected chi connectivity index (χ2v) is 6.57. The van der Waals surface area contributed by atoms with E-state index >= 15 is 0 Å². The number of rotatable bonds is 6. The van der Waals surface area contributed by atoms with Crippen molar-refractivity contribution in [3.8, 4) is 17.2 Å². The molecule has 0 saturated heterocycles. The molecule has 0 N–H and O–H groups in total. The van der Waals surface area contributed by atoms with Crippen molar-refractivity contribution >= 4 is 39.1 Å². The van der Waals surface area contributed by atoms with E-state index in [0.29, 0.717) is 38.6 Å². The van der Waals surface area contributed by atoms with E-state index in [1.807, 2.05) is 0 Å². The van der Waals surface area contributed by atoms with E-state index in [0.717, 1.165) is 11.8 Å². The van der Waals surface area contributed by atoms with E-state index in [9.17, 15) is 4.79 Å². The van der Waals surface area contributed by atoms with Gasteiger partial charge in [-0.2, -0.15) is 0 Å². The van der Waals surface area contributed by atoms with Crippen molar-refractivity contribution in [2.24, 2.45) is 4.99 Å². The molecule has 0 unspecified atom stereocenters. The van der Waals surface area contributed by atoms with Gasteiger partial charge in [-0.05, 0) is 17.8 Å². The lowest BCUT2D eigenvalue weighted by Gasteiger charge is -2.12. The molecule has 0 aromatic heterocycles. The third kappa shape index (κ3) is 4.11. The molecule has 23 heavy (non-hydrogen) atoms. The van der Waals surface area contributed by atoms with Gasteiger partial charge in [-0.25, -0.2) is 4.99 Å². The van der Waals surface area contributed by atoms with Crippen LogP contribution in [0, 0.1) is 0 Å². The number of methoxy groups -OCH3 is 3. The van der Waals surface area contributed by atoms with Crippen LogP contribution in [0.2, 0.25) is 0 Å². The van der Waals surface area contributed by atoms with Crippen molar-refractivity contribution in [3.63, 3.8) is 0 Å². The third-order valence-electron chi connectivity index (χ3n) is 2.96. The lowest BCUT2D eigenvalue weighted by atomic mass is 10.1. The molecule has 5 nitrogen and oxygen atoms in total. The average molecular weight is 351 g/mol. The average Bonchev–Trinajstić information content (AvgIpc) is 2.92. The molecule has 1 heterocycles. The van der Waals surface area contributed by atoms with Gasteiger partial charge in [0, 0.05) is 17.9 Å². The van der Waals surface area contributed by atoms with Crippen LogP contribution < -0.4 is 14.2 Å². The summed E-state index contributed by atoms with van der Waals surface area (Å²) in [7, 11) is 4.67. The first-order chi connectivity index (χ1) is 11.1. The van der Waals surface area contributed by atoms with Gasteiger partial charge < -0.3 is 14.2 Å². The van der Waals surface area contributed by atoms with Crippen LogP contribution in [0.5, 0.6) is 17.2 Å². The molecule has 1 aliphatic heterocycles. The maximum atomic E-state index is 12.1. The maximum Gasteiger partial charge on any atom is 0.244 e. The molecule has 122 valence electrons. The molecule has 0 amide bonds. The lowest BCUT2D eigenvalue weighted by Crippen LogP contribution is -1.96. The maximum absolute atomic E-state index is 12.1. The van der Waals surface area contributed by atoms with Gasteiger partial charge >= 0.3 is 0 Å². The molecule has 0 fully saturated rings. The Morgan fingerprint density at radius 3 is 2.39 bits per heavy atom. The molecule has 1 aromatic carbocycles. The summed E-state index contributed by atoms with van der Waals surface area (Å²) >= 11 is 2.60. The number of hydrogen-bond acceptors (Lipinski definition) is 7. The fourth-order valence-electron chi connectivity index (χ4n) is 1.89. The van der Waals surface area contributed by atoms with Crippen LogP contribution in [-0.4, -0.2) is 36.6 Å². The van der Waals surface area contributed by atoms with Crippen molar-refractivity contribution in [1.29, 1.82) is 0 Å². The molecule has 1 aromatic rings. The summed E-state index contributed by atoms with van der Waals surface area (Å²) < 4.78 is 16.7. The summed E-state index contributed by atoms with van der Waals surface area (Å²) in [6, 6.07) is 3.47.